The first-order chi connectivity index (χ1) is 6.31. The van der Waals surface area contributed by atoms with Crippen LogP contribution in [0.25, 0.3) is 11.0 Å². The Bertz CT molecular complexity index is 426. The summed E-state index contributed by atoms with van der Waals surface area (Å²) in [6.45, 7) is 0.401. The maximum atomic E-state index is 12.7. The molecule has 4 nitrogen and oxygen atoms in total. The first-order valence-corrected chi connectivity index (χ1v) is 3.78. The predicted octanol–water partition coefficient (Wildman–Crippen LogP) is 0.930. The van der Waals surface area contributed by atoms with E-state index < -0.39 is 0 Å². The van der Waals surface area contributed by atoms with Gasteiger partial charge in [0.15, 0.2) is 5.58 Å². The molecule has 0 amide bonds. The Labute approximate surface area is 73.5 Å². The van der Waals surface area contributed by atoms with E-state index in [1.54, 1.807) is 6.07 Å². The minimum atomic E-state index is -0.337. The number of hydrazine groups is 1. The molecule has 0 spiro atoms. The SMILES string of the molecule is NNCc1noc2cc(F)ccc12. The topological polar surface area (TPSA) is 64.1 Å². The van der Waals surface area contributed by atoms with E-state index in [2.05, 4.69) is 10.6 Å². The van der Waals surface area contributed by atoms with Crippen LogP contribution in [0.15, 0.2) is 22.7 Å². The third kappa shape index (κ3) is 1.39. The van der Waals surface area contributed by atoms with Crippen LogP contribution in [0.5, 0.6) is 0 Å². The van der Waals surface area contributed by atoms with E-state index in [4.69, 9.17) is 10.4 Å². The summed E-state index contributed by atoms with van der Waals surface area (Å²) in [6.07, 6.45) is 0. The van der Waals surface area contributed by atoms with Gasteiger partial charge in [-0.2, -0.15) is 0 Å². The molecule has 1 aromatic heterocycles. The second-order valence-electron chi connectivity index (χ2n) is 2.65. The van der Waals surface area contributed by atoms with Crippen molar-refractivity contribution in [3.63, 3.8) is 0 Å². The summed E-state index contributed by atoms with van der Waals surface area (Å²) in [4.78, 5) is 0. The van der Waals surface area contributed by atoms with Gasteiger partial charge in [-0.25, -0.2) is 4.39 Å². The molecule has 2 aromatic rings. The summed E-state index contributed by atoms with van der Waals surface area (Å²) in [5.74, 6) is 4.80. The number of rotatable bonds is 2. The third-order valence-corrected chi connectivity index (χ3v) is 1.78. The van der Waals surface area contributed by atoms with Gasteiger partial charge in [-0.15, -0.1) is 0 Å². The number of nitrogens with two attached hydrogens (primary N) is 1. The summed E-state index contributed by atoms with van der Waals surface area (Å²) >= 11 is 0. The average Bonchev–Trinajstić information content (AvgIpc) is 2.49. The van der Waals surface area contributed by atoms with Crippen LogP contribution in [-0.4, -0.2) is 5.16 Å². The zero-order valence-corrected chi connectivity index (χ0v) is 6.75. The normalized spacial score (nSPS) is 10.9. The van der Waals surface area contributed by atoms with Gasteiger partial charge in [-0.05, 0) is 12.1 Å². The van der Waals surface area contributed by atoms with Gasteiger partial charge in [0, 0.05) is 11.5 Å². The van der Waals surface area contributed by atoms with Gasteiger partial charge in [0.2, 0.25) is 0 Å². The van der Waals surface area contributed by atoms with Crippen LogP contribution < -0.4 is 11.3 Å². The number of aromatic nitrogens is 1. The third-order valence-electron chi connectivity index (χ3n) is 1.78. The number of hydrogen-bond donors (Lipinski definition) is 2. The molecule has 13 heavy (non-hydrogen) atoms. The van der Waals surface area contributed by atoms with Crippen molar-refractivity contribution in [2.75, 3.05) is 0 Å². The molecular formula is C8H8FN3O. The van der Waals surface area contributed by atoms with Crippen molar-refractivity contribution in [1.29, 1.82) is 0 Å². The van der Waals surface area contributed by atoms with Crippen molar-refractivity contribution in [3.05, 3.63) is 29.7 Å². The van der Waals surface area contributed by atoms with E-state index >= 15 is 0 Å². The van der Waals surface area contributed by atoms with E-state index in [9.17, 15) is 4.39 Å². The van der Waals surface area contributed by atoms with E-state index in [0.29, 0.717) is 17.8 Å². The minimum Gasteiger partial charge on any atom is -0.356 e. The highest BCUT2D eigenvalue weighted by Crippen LogP contribution is 2.18. The van der Waals surface area contributed by atoms with Crippen molar-refractivity contribution in [2.24, 2.45) is 5.84 Å². The Hall–Kier alpha value is -1.46. The van der Waals surface area contributed by atoms with E-state index in [-0.39, 0.29) is 5.82 Å². The number of nitrogens with one attached hydrogen (secondary N) is 1. The van der Waals surface area contributed by atoms with Gasteiger partial charge in [0.05, 0.1) is 6.54 Å². The molecule has 0 saturated carbocycles. The Morgan fingerprint density at radius 2 is 2.38 bits per heavy atom. The molecular weight excluding hydrogens is 173 g/mol. The highest BCUT2D eigenvalue weighted by atomic mass is 19.1. The van der Waals surface area contributed by atoms with Crippen LogP contribution in [-0.2, 0) is 6.54 Å². The number of fused-ring (bicyclic) bond motifs is 1. The molecule has 0 bridgehead atoms. The second kappa shape index (κ2) is 3.12. The molecule has 0 saturated heterocycles. The van der Waals surface area contributed by atoms with Crippen molar-refractivity contribution in [1.82, 2.24) is 10.6 Å². The summed E-state index contributed by atoms with van der Waals surface area (Å²) < 4.78 is 17.6. The average molecular weight is 181 g/mol. The Morgan fingerprint density at radius 3 is 3.15 bits per heavy atom. The first-order valence-electron chi connectivity index (χ1n) is 3.78. The summed E-state index contributed by atoms with van der Waals surface area (Å²) in [6, 6.07) is 4.27. The quantitative estimate of drug-likeness (QED) is 0.534. The molecule has 1 aromatic carbocycles. The van der Waals surface area contributed by atoms with Crippen LogP contribution in [0.4, 0.5) is 4.39 Å². The van der Waals surface area contributed by atoms with Crippen molar-refractivity contribution in [2.45, 2.75) is 6.54 Å². The second-order valence-corrected chi connectivity index (χ2v) is 2.65. The molecule has 1 heterocycles. The summed E-state index contributed by atoms with van der Waals surface area (Å²) in [7, 11) is 0. The van der Waals surface area contributed by atoms with E-state index in [1.807, 2.05) is 0 Å². The molecule has 68 valence electrons. The van der Waals surface area contributed by atoms with Gasteiger partial charge in [-0.1, -0.05) is 5.16 Å². The molecule has 3 N–H and O–H groups in total. The largest absolute Gasteiger partial charge is 0.356 e. The summed E-state index contributed by atoms with van der Waals surface area (Å²) in [5, 5.41) is 4.52. The van der Waals surface area contributed by atoms with Crippen molar-refractivity contribution >= 4 is 11.0 Å². The van der Waals surface area contributed by atoms with Gasteiger partial charge in [-0.3, -0.25) is 11.3 Å². The van der Waals surface area contributed by atoms with Crippen LogP contribution in [0.3, 0.4) is 0 Å². The zero-order valence-electron chi connectivity index (χ0n) is 6.75. The summed E-state index contributed by atoms with van der Waals surface area (Å²) in [5.41, 5.74) is 3.57. The minimum absolute atomic E-state index is 0.337. The predicted molar refractivity (Wildman–Crippen MR) is 45.0 cm³/mol. The Balaban J connectivity index is 2.55. The molecule has 0 radical (unpaired) electrons. The number of halogens is 1. The lowest BCUT2D eigenvalue weighted by Crippen LogP contribution is -2.21. The molecule has 0 fully saturated rings. The van der Waals surface area contributed by atoms with Crippen LogP contribution >= 0.6 is 0 Å². The fourth-order valence-corrected chi connectivity index (χ4v) is 1.19. The number of nitrogens with zero attached hydrogens (tertiary/aromatic N) is 1. The fourth-order valence-electron chi connectivity index (χ4n) is 1.19. The maximum absolute atomic E-state index is 12.7. The lowest BCUT2D eigenvalue weighted by Gasteiger charge is -1.92. The van der Waals surface area contributed by atoms with Crippen LogP contribution in [0, 0.1) is 5.82 Å². The monoisotopic (exact) mass is 181 g/mol. The highest BCUT2D eigenvalue weighted by Gasteiger charge is 2.07. The molecule has 0 unspecified atom stereocenters. The smallest absolute Gasteiger partial charge is 0.170 e. The Kier molecular flexibility index (Phi) is 1.96. The lowest BCUT2D eigenvalue weighted by molar-refractivity contribution is 0.441. The van der Waals surface area contributed by atoms with E-state index in [0.717, 1.165) is 5.39 Å². The molecule has 5 heteroatoms. The van der Waals surface area contributed by atoms with Gasteiger partial charge in [0.1, 0.15) is 11.5 Å². The van der Waals surface area contributed by atoms with Crippen molar-refractivity contribution in [3.8, 4) is 0 Å². The van der Waals surface area contributed by atoms with Crippen LogP contribution in [0.2, 0.25) is 0 Å². The standard InChI is InChI=1S/C8H8FN3O/c9-5-1-2-6-7(4-11-10)12-13-8(6)3-5/h1-3,11H,4,10H2. The molecule has 0 atom stereocenters. The van der Waals surface area contributed by atoms with E-state index in [1.165, 1.54) is 12.1 Å². The number of benzene rings is 1. The highest BCUT2D eigenvalue weighted by molar-refractivity contribution is 5.79. The molecule has 0 aliphatic carbocycles. The van der Waals surface area contributed by atoms with Gasteiger partial charge < -0.3 is 4.52 Å². The lowest BCUT2D eigenvalue weighted by atomic mass is 10.2. The fraction of sp³-hybridized carbons (Fsp3) is 0.125. The molecule has 2 rings (SSSR count). The zero-order chi connectivity index (χ0) is 9.26. The maximum Gasteiger partial charge on any atom is 0.170 e. The Morgan fingerprint density at radius 1 is 1.54 bits per heavy atom. The van der Waals surface area contributed by atoms with Gasteiger partial charge in [0.25, 0.3) is 0 Å². The first kappa shape index (κ1) is 8.15. The van der Waals surface area contributed by atoms with Gasteiger partial charge >= 0.3 is 0 Å². The molecule has 0 aliphatic heterocycles. The van der Waals surface area contributed by atoms with Crippen molar-refractivity contribution < 1.29 is 8.91 Å². The number of hydrogen-bond acceptors (Lipinski definition) is 4. The van der Waals surface area contributed by atoms with Crippen LogP contribution in [0.1, 0.15) is 5.69 Å². The molecule has 0 aliphatic rings.